The third kappa shape index (κ3) is 3.55. The van der Waals surface area contributed by atoms with Crippen molar-refractivity contribution in [2.75, 3.05) is 26.2 Å². The zero-order chi connectivity index (χ0) is 22.3. The minimum Gasteiger partial charge on any atom is -0.450 e. The van der Waals surface area contributed by atoms with Crippen LogP contribution in [0.3, 0.4) is 0 Å². The molecule has 0 N–H and O–H groups in total. The van der Waals surface area contributed by atoms with Gasteiger partial charge in [-0.15, -0.1) is 0 Å². The number of halogens is 1. The number of hydrogen-bond acceptors (Lipinski definition) is 4. The second-order valence-corrected chi connectivity index (χ2v) is 8.06. The van der Waals surface area contributed by atoms with Gasteiger partial charge in [-0.25, -0.2) is 4.39 Å². The fraction of sp³-hybridized carbons (Fsp3) is 0.360. The quantitative estimate of drug-likeness (QED) is 0.590. The molecule has 0 unspecified atom stereocenters. The first-order valence-corrected chi connectivity index (χ1v) is 10.7. The number of likely N-dealkylation sites (N-methyl/N-ethyl adjacent to an activating group) is 1. The highest BCUT2D eigenvalue weighted by Crippen LogP contribution is 2.39. The summed E-state index contributed by atoms with van der Waals surface area (Å²) in [4.78, 5) is 30.7. The first-order chi connectivity index (χ1) is 14.9. The third-order valence-corrected chi connectivity index (χ3v) is 6.33. The lowest BCUT2D eigenvalue weighted by Gasteiger charge is -2.28. The Morgan fingerprint density at radius 2 is 1.74 bits per heavy atom. The molecule has 0 radical (unpaired) electrons. The van der Waals surface area contributed by atoms with Crippen molar-refractivity contribution in [1.29, 1.82) is 0 Å². The Kier molecular flexibility index (Phi) is 5.67. The second-order valence-electron chi connectivity index (χ2n) is 8.06. The topological polar surface area (TPSA) is 53.8 Å². The fourth-order valence-electron chi connectivity index (χ4n) is 4.32. The highest BCUT2D eigenvalue weighted by atomic mass is 19.1. The molecule has 1 aliphatic heterocycles. The number of carbonyl (C=O) groups excluding carboxylic acids is 1. The molecule has 162 valence electrons. The molecule has 5 nitrogen and oxygen atoms in total. The predicted molar refractivity (Wildman–Crippen MR) is 119 cm³/mol. The molecule has 0 saturated heterocycles. The van der Waals surface area contributed by atoms with E-state index in [-0.39, 0.29) is 22.7 Å². The van der Waals surface area contributed by atoms with Gasteiger partial charge in [0.05, 0.1) is 17.0 Å². The summed E-state index contributed by atoms with van der Waals surface area (Å²) in [6, 6.07) is 9.09. The molecule has 3 aromatic rings. The monoisotopic (exact) mass is 422 g/mol. The smallest absolute Gasteiger partial charge is 0.290 e. The second kappa shape index (κ2) is 8.27. The average Bonchev–Trinajstić information content (AvgIpc) is 3.03. The van der Waals surface area contributed by atoms with Gasteiger partial charge in [0.1, 0.15) is 11.4 Å². The van der Waals surface area contributed by atoms with Gasteiger partial charge in [0, 0.05) is 18.7 Å². The van der Waals surface area contributed by atoms with Crippen LogP contribution in [0.1, 0.15) is 52.7 Å². The van der Waals surface area contributed by atoms with Crippen molar-refractivity contribution in [1.82, 2.24) is 9.80 Å². The minimum absolute atomic E-state index is 0.0218. The molecule has 0 saturated carbocycles. The van der Waals surface area contributed by atoms with E-state index in [1.165, 1.54) is 6.07 Å². The highest BCUT2D eigenvalue weighted by molar-refractivity contribution is 5.99. The summed E-state index contributed by atoms with van der Waals surface area (Å²) in [5.41, 5.74) is 2.59. The van der Waals surface area contributed by atoms with Gasteiger partial charge < -0.3 is 14.2 Å². The van der Waals surface area contributed by atoms with E-state index in [0.29, 0.717) is 29.6 Å². The van der Waals surface area contributed by atoms with Crippen molar-refractivity contribution in [2.24, 2.45) is 0 Å². The highest BCUT2D eigenvalue weighted by Gasteiger charge is 2.43. The molecule has 0 bridgehead atoms. The fourth-order valence-corrected chi connectivity index (χ4v) is 4.32. The van der Waals surface area contributed by atoms with E-state index < -0.39 is 11.9 Å². The van der Waals surface area contributed by atoms with Crippen molar-refractivity contribution < 1.29 is 13.6 Å². The Balaban J connectivity index is 1.92. The first-order valence-electron chi connectivity index (χ1n) is 10.7. The zero-order valence-electron chi connectivity index (χ0n) is 18.4. The number of amides is 1. The molecular weight excluding hydrogens is 395 g/mol. The van der Waals surface area contributed by atoms with Crippen molar-refractivity contribution in [3.8, 4) is 0 Å². The summed E-state index contributed by atoms with van der Waals surface area (Å²) in [6.45, 7) is 10.7. The maximum Gasteiger partial charge on any atom is 0.290 e. The normalized spacial score (nSPS) is 15.9. The van der Waals surface area contributed by atoms with Gasteiger partial charge in [-0.05, 0) is 56.3 Å². The van der Waals surface area contributed by atoms with E-state index in [0.717, 1.165) is 24.2 Å². The summed E-state index contributed by atoms with van der Waals surface area (Å²) in [5.74, 6) is -0.790. The van der Waals surface area contributed by atoms with E-state index >= 15 is 0 Å². The Morgan fingerprint density at radius 1 is 1.06 bits per heavy atom. The first kappa shape index (κ1) is 21.2. The number of carbonyl (C=O) groups is 1. The van der Waals surface area contributed by atoms with Crippen molar-refractivity contribution in [3.63, 3.8) is 0 Å². The van der Waals surface area contributed by atoms with Gasteiger partial charge in [-0.3, -0.25) is 9.59 Å². The van der Waals surface area contributed by atoms with Gasteiger partial charge in [-0.2, -0.15) is 0 Å². The number of rotatable bonds is 6. The van der Waals surface area contributed by atoms with Crippen LogP contribution in [0.2, 0.25) is 0 Å². The molecule has 2 aromatic carbocycles. The van der Waals surface area contributed by atoms with E-state index in [4.69, 9.17) is 4.42 Å². The molecule has 6 heteroatoms. The summed E-state index contributed by atoms with van der Waals surface area (Å²) in [5, 5.41) is 0.418. The maximum atomic E-state index is 14.8. The standard InChI is InChI=1S/C25H27FN2O3/c1-5-27(6-2)11-12-28-22(17-9-7-8-10-19(17)26)21-23(29)18-13-15(3)16(4)14-20(18)31-24(21)25(28)30/h7-10,13-14,22H,5-6,11-12H2,1-4H3/t22-/m0/s1. The van der Waals surface area contributed by atoms with E-state index in [1.807, 2.05) is 13.8 Å². The molecule has 0 spiro atoms. The minimum atomic E-state index is -0.804. The number of hydrogen-bond donors (Lipinski definition) is 0. The Bertz CT molecular complexity index is 1210. The van der Waals surface area contributed by atoms with Gasteiger partial charge >= 0.3 is 0 Å². The van der Waals surface area contributed by atoms with Crippen LogP contribution in [0, 0.1) is 19.7 Å². The van der Waals surface area contributed by atoms with Crippen LogP contribution >= 0.6 is 0 Å². The van der Waals surface area contributed by atoms with Crippen LogP contribution in [0.5, 0.6) is 0 Å². The molecule has 0 fully saturated rings. The van der Waals surface area contributed by atoms with Crippen molar-refractivity contribution in [2.45, 2.75) is 33.7 Å². The summed E-state index contributed by atoms with van der Waals surface area (Å²) in [6.07, 6.45) is 0. The summed E-state index contributed by atoms with van der Waals surface area (Å²) < 4.78 is 20.8. The van der Waals surface area contributed by atoms with E-state index in [1.54, 1.807) is 35.2 Å². The van der Waals surface area contributed by atoms with Crippen LogP contribution < -0.4 is 5.43 Å². The van der Waals surface area contributed by atoms with Crippen LogP contribution in [0.15, 0.2) is 45.6 Å². The Hall–Kier alpha value is -2.99. The Morgan fingerprint density at radius 3 is 2.42 bits per heavy atom. The molecule has 1 amide bonds. The maximum absolute atomic E-state index is 14.8. The van der Waals surface area contributed by atoms with Crippen LogP contribution in [0.25, 0.3) is 11.0 Å². The average molecular weight is 423 g/mol. The largest absolute Gasteiger partial charge is 0.450 e. The number of aryl methyl sites for hydroxylation is 2. The van der Waals surface area contributed by atoms with Crippen LogP contribution in [-0.4, -0.2) is 41.9 Å². The molecule has 1 atom stereocenters. The summed E-state index contributed by atoms with van der Waals surface area (Å²) >= 11 is 0. The molecular formula is C25H27FN2O3. The molecule has 31 heavy (non-hydrogen) atoms. The molecule has 4 rings (SSSR count). The van der Waals surface area contributed by atoms with Crippen molar-refractivity contribution in [3.05, 3.63) is 80.5 Å². The van der Waals surface area contributed by atoms with Crippen LogP contribution in [0.4, 0.5) is 4.39 Å². The lowest BCUT2D eigenvalue weighted by molar-refractivity contribution is 0.0706. The third-order valence-electron chi connectivity index (χ3n) is 6.33. The van der Waals surface area contributed by atoms with Gasteiger partial charge in [-0.1, -0.05) is 32.0 Å². The molecule has 2 heterocycles. The van der Waals surface area contributed by atoms with Gasteiger partial charge in [0.25, 0.3) is 5.91 Å². The summed E-state index contributed by atoms with van der Waals surface area (Å²) in [7, 11) is 0. The lowest BCUT2D eigenvalue weighted by Crippen LogP contribution is -2.38. The predicted octanol–water partition coefficient (Wildman–Crippen LogP) is 4.44. The van der Waals surface area contributed by atoms with Crippen LogP contribution in [-0.2, 0) is 0 Å². The molecule has 1 aliphatic rings. The number of benzene rings is 2. The van der Waals surface area contributed by atoms with Crippen molar-refractivity contribution >= 4 is 16.9 Å². The van der Waals surface area contributed by atoms with E-state index in [2.05, 4.69) is 18.7 Å². The van der Waals surface area contributed by atoms with Gasteiger partial charge in [0.15, 0.2) is 5.43 Å². The van der Waals surface area contributed by atoms with E-state index in [9.17, 15) is 14.0 Å². The molecule has 1 aromatic heterocycles. The SMILES string of the molecule is CCN(CC)CCN1C(=O)c2oc3cc(C)c(C)cc3c(=O)c2[C@@H]1c1ccccc1F. The Labute approximate surface area is 181 Å². The van der Waals surface area contributed by atoms with Gasteiger partial charge in [0.2, 0.25) is 5.76 Å². The molecule has 0 aliphatic carbocycles. The lowest BCUT2D eigenvalue weighted by atomic mass is 9.97. The number of nitrogens with zero attached hydrogens (tertiary/aromatic N) is 2. The number of fused-ring (bicyclic) bond motifs is 2. The zero-order valence-corrected chi connectivity index (χ0v) is 18.4.